The Kier molecular flexibility index (Phi) is 33.9. The molecule has 0 N–H and O–H groups in total. The van der Waals surface area contributed by atoms with E-state index in [4.69, 9.17) is 11.6 Å². The van der Waals surface area contributed by atoms with Crippen molar-refractivity contribution in [1.82, 2.24) is 0 Å². The molecule has 0 aliphatic heterocycles. The maximum atomic E-state index is 12.6. The molecule has 3 heteroatoms. The average Bonchev–Trinajstić information content (AvgIpc) is 3.48. The van der Waals surface area contributed by atoms with Crippen molar-refractivity contribution in [1.29, 1.82) is 0 Å². The highest BCUT2D eigenvalue weighted by molar-refractivity contribution is 9.10. The minimum absolute atomic E-state index is 0.116. The summed E-state index contributed by atoms with van der Waals surface area (Å²) in [5.74, 6) is -0.116. The molecule has 0 saturated carbocycles. The first kappa shape index (κ1) is 75.0. The lowest BCUT2D eigenvalue weighted by Crippen LogP contribution is -2.13. The van der Waals surface area contributed by atoms with Crippen molar-refractivity contribution in [2.75, 3.05) is 0 Å². The zero-order chi connectivity index (χ0) is 64.7. The molecule has 0 atom stereocenters. The molecule has 0 nitrogen and oxygen atoms in total. The fourth-order valence-corrected chi connectivity index (χ4v) is 9.03. The normalized spacial score (nSPS) is 9.92. The summed E-state index contributed by atoms with van der Waals surface area (Å²) in [6.45, 7) is 46.3. The predicted molar refractivity (Wildman–Crippen MR) is 385 cm³/mol. The summed E-state index contributed by atoms with van der Waals surface area (Å²) in [7, 11) is 0. The van der Waals surface area contributed by atoms with Crippen molar-refractivity contribution in [3.05, 3.63) is 339 Å². The number of rotatable bonds is 1. The van der Waals surface area contributed by atoms with Gasteiger partial charge in [0.2, 0.25) is 0 Å². The molecule has 454 valence electrons. The van der Waals surface area contributed by atoms with Gasteiger partial charge in [-0.05, 0) is 239 Å². The number of benzene rings is 10. The van der Waals surface area contributed by atoms with E-state index in [2.05, 4.69) is 323 Å². The van der Waals surface area contributed by atoms with E-state index >= 15 is 0 Å². The highest BCUT2D eigenvalue weighted by atomic mass is 79.9. The Hall–Kier alpha value is -7.10. The molecule has 0 saturated heterocycles. The summed E-state index contributed by atoms with van der Waals surface area (Å²) in [4.78, 5) is 0. The average molecular weight is 1230 g/mol. The van der Waals surface area contributed by atoms with Crippen LogP contribution in [0.2, 0.25) is 5.02 Å². The third-order valence-electron chi connectivity index (χ3n) is 14.1. The zero-order valence-electron chi connectivity index (χ0n) is 56.3. The Labute approximate surface area is 536 Å². The lowest BCUT2D eigenvalue weighted by atomic mass is 9.83. The smallest absolute Gasteiger partial charge is 0.126 e. The van der Waals surface area contributed by atoms with Crippen LogP contribution in [0.4, 0.5) is 4.39 Å². The van der Waals surface area contributed by atoms with Crippen LogP contribution in [-0.4, -0.2) is 0 Å². The van der Waals surface area contributed by atoms with Gasteiger partial charge >= 0.3 is 0 Å². The van der Waals surface area contributed by atoms with Crippen molar-refractivity contribution in [3.63, 3.8) is 0 Å². The molecule has 0 aliphatic rings. The van der Waals surface area contributed by atoms with Crippen LogP contribution in [0, 0.1) is 137 Å². The summed E-state index contributed by atoms with van der Waals surface area (Å²) in [6.07, 6.45) is 0. The fraction of sp³-hybridized carbons (Fsp3) is 0.277. The third-order valence-corrected chi connectivity index (χ3v) is 15.4. The highest BCUT2D eigenvalue weighted by Crippen LogP contribution is 2.27. The van der Waals surface area contributed by atoms with Gasteiger partial charge < -0.3 is 0 Å². The summed E-state index contributed by atoms with van der Waals surface area (Å²) in [5, 5.41) is 0.856. The topological polar surface area (TPSA) is 0 Å². The van der Waals surface area contributed by atoms with Gasteiger partial charge in [-0.15, -0.1) is 0 Å². The van der Waals surface area contributed by atoms with E-state index in [9.17, 15) is 4.39 Å². The van der Waals surface area contributed by atoms with Crippen LogP contribution < -0.4 is 0 Å². The fourth-order valence-electron chi connectivity index (χ4n) is 8.30. The van der Waals surface area contributed by atoms with E-state index in [1.807, 2.05) is 39.0 Å². The minimum atomic E-state index is -0.116. The SMILES string of the molecule is Cc1ccc(C)c(-c2ccccc2)c1.Cc1ccc(C)c(Br)c1.Cc1ccc(C)c(C(C)(C)C)c1.Cc1ccc(C)c(C)c1.Cc1ccc(C)c(Cl)c1.Cc1ccc(C)c(F)c1.Cc1ccc(C)cc1.Cc1cccc(C)c1.Cc1ccccc1C. The summed E-state index contributed by atoms with van der Waals surface area (Å²) >= 11 is 9.26. The standard InChI is InChI=1S/C14H14.C12H18.C9H12.C8H9Br.C8H9Cl.C8H9F.3C8H10/c1-11-8-9-12(2)14(10-11)13-6-4-3-5-7-13;1-9-6-7-10(2)11(8-9)12(3,4)5;1-7-4-5-8(2)9(3)6-7;3*1-6-3-4-7(2)8(9)5-6;1-7-3-5-8(2)6-4-7;1-7-4-3-5-8(2)6-7;1-7-5-3-4-6-8(7)2/h3-10H,1-2H3;6-8H,1-5H3;4-6H,1-3H3;3*3-5H,1-2H3;3*3-6H,1-2H3. The van der Waals surface area contributed by atoms with Crippen LogP contribution in [0.5, 0.6) is 0 Å². The molecular weight excluding hydrogens is 1130 g/mol. The third kappa shape index (κ3) is 30.8. The number of aryl methyl sites for hydroxylation is 19. The van der Waals surface area contributed by atoms with Crippen molar-refractivity contribution in [3.8, 4) is 11.1 Å². The largest absolute Gasteiger partial charge is 0.207 e. The van der Waals surface area contributed by atoms with Crippen molar-refractivity contribution in [2.45, 2.75) is 158 Å². The monoisotopic (exact) mass is 1230 g/mol. The van der Waals surface area contributed by atoms with Crippen molar-refractivity contribution >= 4 is 27.5 Å². The lowest BCUT2D eigenvalue weighted by molar-refractivity contribution is 0.585. The lowest BCUT2D eigenvalue weighted by Gasteiger charge is -2.22. The van der Waals surface area contributed by atoms with Gasteiger partial charge in [-0.1, -0.05) is 281 Å². The van der Waals surface area contributed by atoms with Gasteiger partial charge in [-0.3, -0.25) is 0 Å². The van der Waals surface area contributed by atoms with E-state index in [0.717, 1.165) is 16.1 Å². The van der Waals surface area contributed by atoms with Gasteiger partial charge in [0, 0.05) is 9.50 Å². The zero-order valence-corrected chi connectivity index (χ0v) is 58.7. The number of hydrogen-bond acceptors (Lipinski definition) is 0. The van der Waals surface area contributed by atoms with Crippen LogP contribution in [0.15, 0.2) is 217 Å². The van der Waals surface area contributed by atoms with E-state index in [1.165, 1.54) is 116 Å². The van der Waals surface area contributed by atoms with Crippen LogP contribution in [-0.2, 0) is 5.41 Å². The first-order valence-corrected chi connectivity index (χ1v) is 31.0. The number of hydrogen-bond donors (Lipinski definition) is 0. The molecule has 0 heterocycles. The molecule has 0 fully saturated rings. The van der Waals surface area contributed by atoms with E-state index in [0.29, 0.717) is 5.56 Å². The molecule has 10 aromatic rings. The van der Waals surface area contributed by atoms with Crippen LogP contribution >= 0.6 is 27.5 Å². The summed E-state index contributed by atoms with van der Waals surface area (Å²) in [5.41, 5.74) is 28.6. The van der Waals surface area contributed by atoms with E-state index in [1.54, 1.807) is 13.0 Å². The van der Waals surface area contributed by atoms with Crippen LogP contribution in [0.25, 0.3) is 11.1 Å². The van der Waals surface area contributed by atoms with Gasteiger partial charge in [0.1, 0.15) is 5.82 Å². The Bertz CT molecular complexity index is 3320. The minimum Gasteiger partial charge on any atom is -0.207 e. The molecule has 0 aliphatic carbocycles. The molecule has 10 aromatic carbocycles. The Morgan fingerprint density at radius 1 is 0.279 bits per heavy atom. The predicted octanol–water partition coefficient (Wildman–Crippen LogP) is 25.6. The Morgan fingerprint density at radius 2 is 0.640 bits per heavy atom. The molecule has 0 radical (unpaired) electrons. The molecule has 0 spiro atoms. The highest BCUT2D eigenvalue weighted by Gasteiger charge is 2.15. The van der Waals surface area contributed by atoms with E-state index < -0.39 is 0 Å². The molecule has 0 amide bonds. The van der Waals surface area contributed by atoms with Crippen molar-refractivity contribution in [2.24, 2.45) is 0 Å². The molecular formula is C83H101BrClF. The van der Waals surface area contributed by atoms with Crippen molar-refractivity contribution < 1.29 is 4.39 Å². The van der Waals surface area contributed by atoms with E-state index in [-0.39, 0.29) is 11.2 Å². The Morgan fingerprint density at radius 3 is 1.01 bits per heavy atom. The molecule has 10 rings (SSSR count). The maximum absolute atomic E-state index is 12.6. The van der Waals surface area contributed by atoms with Crippen LogP contribution in [0.1, 0.15) is 132 Å². The van der Waals surface area contributed by atoms with Gasteiger partial charge in [0.15, 0.2) is 0 Å². The molecule has 86 heavy (non-hydrogen) atoms. The first-order valence-electron chi connectivity index (χ1n) is 29.9. The molecule has 0 aromatic heterocycles. The molecule has 0 unspecified atom stereocenters. The summed E-state index contributed by atoms with van der Waals surface area (Å²) in [6, 6.07) is 73.2. The second kappa shape index (κ2) is 38.8. The number of halogens is 3. The maximum Gasteiger partial charge on any atom is 0.126 e. The second-order valence-electron chi connectivity index (χ2n) is 24.0. The van der Waals surface area contributed by atoms with Crippen LogP contribution in [0.3, 0.4) is 0 Å². The van der Waals surface area contributed by atoms with Gasteiger partial charge in [0.05, 0.1) is 0 Å². The second-order valence-corrected chi connectivity index (χ2v) is 25.3. The Balaban J connectivity index is 0.000000332. The van der Waals surface area contributed by atoms with Gasteiger partial charge in [-0.25, -0.2) is 4.39 Å². The summed E-state index contributed by atoms with van der Waals surface area (Å²) < 4.78 is 13.8. The van der Waals surface area contributed by atoms with Gasteiger partial charge in [0.25, 0.3) is 0 Å². The first-order chi connectivity index (χ1) is 40.4. The molecule has 0 bridgehead atoms. The van der Waals surface area contributed by atoms with Gasteiger partial charge in [-0.2, -0.15) is 0 Å². The quantitative estimate of drug-likeness (QED) is 0.154.